The quantitative estimate of drug-likeness (QED) is 0.387. The normalized spacial score (nSPS) is 15.0. The molecule has 35 heavy (non-hydrogen) atoms. The van der Waals surface area contributed by atoms with Crippen molar-refractivity contribution in [1.82, 2.24) is 19.9 Å². The van der Waals surface area contributed by atoms with Crippen LogP contribution in [0.4, 0.5) is 29.8 Å². The van der Waals surface area contributed by atoms with E-state index in [1.807, 2.05) is 12.1 Å². The molecule has 2 aromatic heterocycles. The minimum Gasteiger partial charge on any atom is -0.489 e. The first-order valence-electron chi connectivity index (χ1n) is 11.7. The summed E-state index contributed by atoms with van der Waals surface area (Å²) in [5.41, 5.74) is 0.525. The number of ether oxygens (including phenoxy) is 2. The second-order valence-electron chi connectivity index (χ2n) is 8.13. The van der Waals surface area contributed by atoms with Crippen molar-refractivity contribution in [3.05, 3.63) is 29.5 Å². The summed E-state index contributed by atoms with van der Waals surface area (Å²) in [6, 6.07) is 3.79. The Labute approximate surface area is 205 Å². The molecule has 4 rings (SSSR count). The van der Waals surface area contributed by atoms with Crippen molar-refractivity contribution in [3.8, 4) is 5.75 Å². The van der Waals surface area contributed by atoms with Crippen LogP contribution in [0.2, 0.25) is 0 Å². The van der Waals surface area contributed by atoms with Crippen molar-refractivity contribution in [2.75, 3.05) is 50.0 Å². The summed E-state index contributed by atoms with van der Waals surface area (Å²) in [5, 5.41) is 8.04. The molecule has 12 heteroatoms. The molecule has 8 nitrogen and oxygen atoms in total. The Morgan fingerprint density at radius 2 is 1.94 bits per heavy atom. The van der Waals surface area contributed by atoms with Gasteiger partial charge in [-0.15, -0.1) is 11.3 Å². The van der Waals surface area contributed by atoms with Crippen LogP contribution >= 0.6 is 11.3 Å². The van der Waals surface area contributed by atoms with E-state index >= 15 is 0 Å². The summed E-state index contributed by atoms with van der Waals surface area (Å²) in [7, 11) is 0. The second-order valence-corrected chi connectivity index (χ2v) is 8.99. The molecule has 1 aliphatic heterocycles. The van der Waals surface area contributed by atoms with E-state index < -0.39 is 11.9 Å². The van der Waals surface area contributed by atoms with Gasteiger partial charge in [0.2, 0.25) is 0 Å². The van der Waals surface area contributed by atoms with Gasteiger partial charge in [-0.1, -0.05) is 13.8 Å². The molecule has 0 amide bonds. The van der Waals surface area contributed by atoms with E-state index in [4.69, 9.17) is 9.47 Å². The Balaban J connectivity index is 1.64. The molecule has 1 fully saturated rings. The number of thiazole rings is 1. The second kappa shape index (κ2) is 11.4. The summed E-state index contributed by atoms with van der Waals surface area (Å²) in [5.74, 6) is 0.908. The van der Waals surface area contributed by atoms with Crippen LogP contribution < -0.4 is 15.4 Å². The number of hydrogen-bond donors (Lipinski definition) is 2. The van der Waals surface area contributed by atoms with Crippen LogP contribution in [0.1, 0.15) is 32.4 Å². The number of aromatic nitrogens is 3. The minimum atomic E-state index is -4.51. The lowest BCUT2D eigenvalue weighted by Gasteiger charge is -2.25. The van der Waals surface area contributed by atoms with Gasteiger partial charge in [0.05, 0.1) is 24.1 Å². The highest BCUT2D eigenvalue weighted by Crippen LogP contribution is 2.37. The van der Waals surface area contributed by atoms with Crippen molar-refractivity contribution in [3.63, 3.8) is 0 Å². The maximum atomic E-state index is 13.0. The van der Waals surface area contributed by atoms with Gasteiger partial charge in [-0.3, -0.25) is 0 Å². The van der Waals surface area contributed by atoms with E-state index in [1.165, 1.54) is 6.33 Å². The molecule has 0 saturated carbocycles. The maximum absolute atomic E-state index is 13.0. The van der Waals surface area contributed by atoms with Crippen LogP contribution in [0.5, 0.6) is 5.75 Å². The highest BCUT2D eigenvalue weighted by atomic mass is 32.1. The van der Waals surface area contributed by atoms with E-state index in [9.17, 15) is 13.2 Å². The van der Waals surface area contributed by atoms with Crippen molar-refractivity contribution in [2.24, 2.45) is 0 Å². The first kappa shape index (κ1) is 25.4. The Morgan fingerprint density at radius 1 is 1.17 bits per heavy atom. The average molecular weight is 511 g/mol. The molecule has 0 atom stereocenters. The third-order valence-electron chi connectivity index (χ3n) is 5.84. The fourth-order valence-corrected chi connectivity index (χ4v) is 4.59. The maximum Gasteiger partial charge on any atom is 0.434 e. The van der Waals surface area contributed by atoms with Gasteiger partial charge in [-0.25, -0.2) is 15.0 Å². The fourth-order valence-electron chi connectivity index (χ4n) is 3.88. The molecular weight excluding hydrogens is 481 g/mol. The first-order chi connectivity index (χ1) is 16.9. The van der Waals surface area contributed by atoms with Crippen LogP contribution in [-0.2, 0) is 10.9 Å². The standard InChI is InChI=1S/C23H29F3N6O2S/c1-3-32(4-2)8-7-27-15-11-17-20(18(12-15)34-16-5-9-33-10-6-16)21(29-14-28-17)31-22-30-19(13-35-22)23(24,25)26/h11-14,16,27H,3-10H2,1-2H3,(H,28,29,30,31). The number of alkyl halides is 3. The highest BCUT2D eigenvalue weighted by Gasteiger charge is 2.34. The zero-order valence-electron chi connectivity index (χ0n) is 19.7. The Bertz CT molecular complexity index is 1120. The predicted octanol–water partition coefficient (Wildman–Crippen LogP) is 5.16. The molecule has 0 aliphatic carbocycles. The van der Waals surface area contributed by atoms with E-state index in [-0.39, 0.29) is 11.2 Å². The van der Waals surface area contributed by atoms with E-state index in [1.54, 1.807) is 0 Å². The van der Waals surface area contributed by atoms with Gasteiger partial charge in [0, 0.05) is 43.1 Å². The smallest absolute Gasteiger partial charge is 0.434 e. The number of anilines is 3. The number of halogens is 3. The lowest BCUT2D eigenvalue weighted by Crippen LogP contribution is -2.28. The molecule has 3 heterocycles. The van der Waals surface area contributed by atoms with E-state index in [2.05, 4.69) is 44.3 Å². The van der Waals surface area contributed by atoms with Gasteiger partial charge in [0.1, 0.15) is 24.0 Å². The van der Waals surface area contributed by atoms with Gasteiger partial charge in [-0.2, -0.15) is 13.2 Å². The summed E-state index contributed by atoms with van der Waals surface area (Å²) < 4.78 is 50.8. The van der Waals surface area contributed by atoms with Crippen molar-refractivity contribution in [2.45, 2.75) is 39.0 Å². The minimum absolute atomic E-state index is 0.0392. The Hall–Kier alpha value is -2.70. The number of nitrogens with zero attached hydrogens (tertiary/aromatic N) is 4. The first-order valence-corrected chi connectivity index (χ1v) is 12.5. The molecule has 0 bridgehead atoms. The molecule has 0 spiro atoms. The van der Waals surface area contributed by atoms with Crippen LogP contribution in [0.3, 0.4) is 0 Å². The fraction of sp³-hybridized carbons (Fsp3) is 0.522. The molecule has 1 aromatic carbocycles. The molecule has 0 radical (unpaired) electrons. The molecule has 3 aromatic rings. The average Bonchev–Trinajstić information content (AvgIpc) is 3.32. The predicted molar refractivity (Wildman–Crippen MR) is 131 cm³/mol. The molecule has 190 valence electrons. The summed E-state index contributed by atoms with van der Waals surface area (Å²) >= 11 is 0.866. The number of rotatable bonds is 10. The van der Waals surface area contributed by atoms with Gasteiger partial charge >= 0.3 is 6.18 Å². The van der Waals surface area contributed by atoms with Gasteiger partial charge in [0.25, 0.3) is 0 Å². The Kier molecular flexibility index (Phi) is 8.24. The van der Waals surface area contributed by atoms with Crippen molar-refractivity contribution in [1.29, 1.82) is 0 Å². The number of likely N-dealkylation sites (N-methyl/N-ethyl adjacent to an activating group) is 1. The van der Waals surface area contributed by atoms with Gasteiger partial charge in [-0.05, 0) is 19.2 Å². The van der Waals surface area contributed by atoms with Crippen LogP contribution in [0.25, 0.3) is 10.9 Å². The lowest BCUT2D eigenvalue weighted by molar-refractivity contribution is -0.140. The van der Waals surface area contributed by atoms with Gasteiger partial charge in [0.15, 0.2) is 10.8 Å². The third-order valence-corrected chi connectivity index (χ3v) is 6.59. The van der Waals surface area contributed by atoms with E-state index in [0.717, 1.165) is 61.4 Å². The van der Waals surface area contributed by atoms with Crippen molar-refractivity contribution < 1.29 is 22.6 Å². The number of nitrogens with one attached hydrogen (secondary N) is 2. The van der Waals surface area contributed by atoms with Crippen LogP contribution in [0.15, 0.2) is 23.8 Å². The zero-order valence-corrected chi connectivity index (χ0v) is 20.5. The largest absolute Gasteiger partial charge is 0.489 e. The molecular formula is C23H29F3N6O2S. The lowest BCUT2D eigenvalue weighted by atomic mass is 10.1. The van der Waals surface area contributed by atoms with Crippen molar-refractivity contribution >= 4 is 38.9 Å². The summed E-state index contributed by atoms with van der Waals surface area (Å²) in [6.07, 6.45) is -1.67. The SMILES string of the molecule is CCN(CC)CCNc1cc(OC2CCOCC2)c2c(Nc3nc(C(F)(F)F)cs3)ncnc2c1. The number of fused-ring (bicyclic) bond motifs is 1. The molecule has 1 saturated heterocycles. The number of hydrogen-bond acceptors (Lipinski definition) is 9. The molecule has 2 N–H and O–H groups in total. The monoisotopic (exact) mass is 510 g/mol. The van der Waals surface area contributed by atoms with Crippen LogP contribution in [-0.4, -0.2) is 65.3 Å². The molecule has 0 unspecified atom stereocenters. The topological polar surface area (TPSA) is 84.4 Å². The zero-order chi connectivity index (χ0) is 24.8. The summed E-state index contributed by atoms with van der Waals surface area (Å²) in [4.78, 5) is 14.7. The van der Waals surface area contributed by atoms with Gasteiger partial charge < -0.3 is 25.0 Å². The highest BCUT2D eigenvalue weighted by molar-refractivity contribution is 7.13. The third kappa shape index (κ3) is 6.50. The Morgan fingerprint density at radius 3 is 2.63 bits per heavy atom. The summed E-state index contributed by atoms with van der Waals surface area (Å²) in [6.45, 7) is 9.08. The molecule has 1 aliphatic rings. The van der Waals surface area contributed by atoms with E-state index in [0.29, 0.717) is 35.7 Å². The van der Waals surface area contributed by atoms with Crippen LogP contribution in [0, 0.1) is 0 Å². The number of benzene rings is 1.